The summed E-state index contributed by atoms with van der Waals surface area (Å²) in [6.07, 6.45) is 3.71. The number of fused-ring (bicyclic) bond motifs is 1. The fourth-order valence-electron chi connectivity index (χ4n) is 3.24. The summed E-state index contributed by atoms with van der Waals surface area (Å²) in [5, 5.41) is 4.04. The summed E-state index contributed by atoms with van der Waals surface area (Å²) >= 11 is 5.06. The van der Waals surface area contributed by atoms with E-state index in [9.17, 15) is 4.79 Å². The molecule has 1 N–H and O–H groups in total. The normalized spacial score (nSPS) is 17.4. The van der Waals surface area contributed by atoms with Crippen molar-refractivity contribution in [3.05, 3.63) is 52.6 Å². The molecule has 1 aliphatic rings. The third-order valence-electron chi connectivity index (χ3n) is 4.57. The molecule has 26 heavy (non-hydrogen) atoms. The number of nitrogens with one attached hydrogen (secondary N) is 1. The lowest BCUT2D eigenvalue weighted by atomic mass is 9.97. The molecule has 1 amide bonds. The summed E-state index contributed by atoms with van der Waals surface area (Å²) in [5.74, 6) is 0.116. The molecule has 1 unspecified atom stereocenters. The predicted octanol–water partition coefficient (Wildman–Crippen LogP) is 3.99. The molecule has 134 valence electrons. The van der Waals surface area contributed by atoms with Crippen LogP contribution in [0.3, 0.4) is 0 Å². The number of piperidine rings is 1. The zero-order valence-corrected chi connectivity index (χ0v) is 16.6. The molecule has 0 aliphatic carbocycles. The third-order valence-corrected chi connectivity index (χ3v) is 6.11. The first kappa shape index (κ1) is 17.4. The molecule has 2 aromatic heterocycles. The van der Waals surface area contributed by atoms with Crippen LogP contribution in [0.25, 0.3) is 10.3 Å². The Bertz CT molecular complexity index is 896. The average molecular weight is 431 g/mol. The molecule has 1 atom stereocenters. The van der Waals surface area contributed by atoms with E-state index in [-0.39, 0.29) is 11.8 Å². The summed E-state index contributed by atoms with van der Waals surface area (Å²) in [6, 6.07) is 11.9. The number of carbonyl (C=O) groups excluding carboxylic acids is 1. The lowest BCUT2D eigenvalue weighted by Gasteiger charge is -2.31. The van der Waals surface area contributed by atoms with Crippen LogP contribution in [0.5, 0.6) is 0 Å². The van der Waals surface area contributed by atoms with Crippen LogP contribution < -0.4 is 10.2 Å². The molecule has 0 saturated carbocycles. The summed E-state index contributed by atoms with van der Waals surface area (Å²) in [4.78, 5) is 24.8. The Labute approximate surface area is 164 Å². The quantitative estimate of drug-likeness (QED) is 0.679. The van der Waals surface area contributed by atoms with Gasteiger partial charge >= 0.3 is 0 Å². The Kier molecular flexibility index (Phi) is 5.17. The van der Waals surface area contributed by atoms with Gasteiger partial charge in [0.05, 0.1) is 5.92 Å². The van der Waals surface area contributed by atoms with Crippen molar-refractivity contribution in [2.45, 2.75) is 19.4 Å². The van der Waals surface area contributed by atoms with Gasteiger partial charge in [0.25, 0.3) is 0 Å². The highest BCUT2D eigenvalue weighted by Gasteiger charge is 2.27. The fraction of sp³-hybridized carbons (Fsp3) is 0.316. The monoisotopic (exact) mass is 430 g/mol. The number of pyridine rings is 1. The number of rotatable bonds is 4. The number of hydrogen-bond acceptors (Lipinski definition) is 5. The van der Waals surface area contributed by atoms with Crippen LogP contribution in [0.2, 0.25) is 0 Å². The minimum Gasteiger partial charge on any atom is -0.352 e. The van der Waals surface area contributed by atoms with Crippen molar-refractivity contribution in [1.82, 2.24) is 15.3 Å². The lowest BCUT2D eigenvalue weighted by molar-refractivity contribution is -0.125. The molecule has 4 rings (SSSR count). The van der Waals surface area contributed by atoms with Crippen LogP contribution in [-0.4, -0.2) is 29.0 Å². The minimum atomic E-state index is -0.00382. The van der Waals surface area contributed by atoms with Gasteiger partial charge in [-0.1, -0.05) is 39.4 Å². The van der Waals surface area contributed by atoms with E-state index in [1.54, 1.807) is 17.5 Å². The molecule has 3 aromatic rings. The van der Waals surface area contributed by atoms with Crippen LogP contribution in [0.1, 0.15) is 18.4 Å². The second-order valence-corrected chi connectivity index (χ2v) is 8.33. The number of carbonyl (C=O) groups is 1. The van der Waals surface area contributed by atoms with Crippen molar-refractivity contribution < 1.29 is 4.79 Å². The number of halogens is 1. The first-order chi connectivity index (χ1) is 12.7. The van der Waals surface area contributed by atoms with Gasteiger partial charge in [-0.2, -0.15) is 0 Å². The van der Waals surface area contributed by atoms with Crippen molar-refractivity contribution in [2.75, 3.05) is 18.0 Å². The average Bonchev–Trinajstić information content (AvgIpc) is 3.10. The summed E-state index contributed by atoms with van der Waals surface area (Å²) < 4.78 is 1.03. The molecule has 1 fully saturated rings. The van der Waals surface area contributed by atoms with Crippen molar-refractivity contribution in [3.63, 3.8) is 0 Å². The highest BCUT2D eigenvalue weighted by atomic mass is 79.9. The van der Waals surface area contributed by atoms with E-state index < -0.39 is 0 Å². The van der Waals surface area contributed by atoms with Gasteiger partial charge in [-0.05, 0) is 42.7 Å². The molecule has 1 aromatic carbocycles. The zero-order chi connectivity index (χ0) is 17.9. The lowest BCUT2D eigenvalue weighted by Crippen LogP contribution is -2.42. The SMILES string of the molecule is O=C(NCc1cccc(Br)c1)C1CCCN(c2nc3cccnc3s2)C1. The Morgan fingerprint density at radius 2 is 2.27 bits per heavy atom. The first-order valence-electron chi connectivity index (χ1n) is 8.68. The Hall–Kier alpha value is -1.99. The number of aromatic nitrogens is 2. The number of nitrogens with zero attached hydrogens (tertiary/aromatic N) is 3. The summed E-state index contributed by atoms with van der Waals surface area (Å²) in [6.45, 7) is 2.21. The van der Waals surface area contributed by atoms with Crippen molar-refractivity contribution >= 4 is 48.7 Å². The van der Waals surface area contributed by atoms with Gasteiger partial charge in [0.15, 0.2) is 5.13 Å². The maximum Gasteiger partial charge on any atom is 0.225 e. The molecule has 1 saturated heterocycles. The van der Waals surface area contributed by atoms with Gasteiger partial charge < -0.3 is 10.2 Å². The number of benzene rings is 1. The van der Waals surface area contributed by atoms with E-state index in [0.717, 1.165) is 44.9 Å². The maximum absolute atomic E-state index is 12.6. The van der Waals surface area contributed by atoms with Crippen LogP contribution in [0.4, 0.5) is 5.13 Å². The van der Waals surface area contributed by atoms with Crippen LogP contribution >= 0.6 is 27.3 Å². The third kappa shape index (κ3) is 3.88. The highest BCUT2D eigenvalue weighted by molar-refractivity contribution is 9.10. The largest absolute Gasteiger partial charge is 0.352 e. The molecular formula is C19H19BrN4OS. The Morgan fingerprint density at radius 1 is 1.35 bits per heavy atom. The molecule has 5 nitrogen and oxygen atoms in total. The van der Waals surface area contributed by atoms with E-state index >= 15 is 0 Å². The molecular weight excluding hydrogens is 412 g/mol. The van der Waals surface area contributed by atoms with E-state index in [0.29, 0.717) is 13.1 Å². The number of anilines is 1. The Balaban J connectivity index is 1.40. The first-order valence-corrected chi connectivity index (χ1v) is 10.3. The van der Waals surface area contributed by atoms with Gasteiger partial charge in [0.2, 0.25) is 5.91 Å². The predicted molar refractivity (Wildman–Crippen MR) is 108 cm³/mol. The second kappa shape index (κ2) is 7.72. The van der Waals surface area contributed by atoms with Gasteiger partial charge in [0, 0.05) is 30.3 Å². The molecule has 3 heterocycles. The molecule has 0 bridgehead atoms. The summed E-state index contributed by atoms with van der Waals surface area (Å²) in [5.41, 5.74) is 2.02. The van der Waals surface area contributed by atoms with Crippen LogP contribution in [0, 0.1) is 5.92 Å². The number of amides is 1. The fourth-order valence-corrected chi connectivity index (χ4v) is 4.63. The van der Waals surface area contributed by atoms with Crippen LogP contribution in [-0.2, 0) is 11.3 Å². The standard InChI is InChI=1S/C19H19BrN4OS/c20-15-6-1-4-13(10-15)11-22-17(25)14-5-3-9-24(12-14)19-23-16-7-2-8-21-18(16)26-19/h1-2,4,6-8,10,14H,3,5,9,11-12H2,(H,22,25). The van der Waals surface area contributed by atoms with Crippen molar-refractivity contribution in [1.29, 1.82) is 0 Å². The zero-order valence-electron chi connectivity index (χ0n) is 14.2. The van der Waals surface area contributed by atoms with E-state index in [1.165, 1.54) is 0 Å². The Morgan fingerprint density at radius 3 is 3.12 bits per heavy atom. The number of thiazole rings is 1. The smallest absolute Gasteiger partial charge is 0.225 e. The van der Waals surface area contributed by atoms with E-state index in [2.05, 4.69) is 36.1 Å². The molecule has 7 heteroatoms. The second-order valence-electron chi connectivity index (χ2n) is 6.46. The molecule has 0 radical (unpaired) electrons. The van der Waals surface area contributed by atoms with Gasteiger partial charge in [-0.15, -0.1) is 0 Å². The van der Waals surface area contributed by atoms with Gasteiger partial charge in [-0.3, -0.25) is 4.79 Å². The van der Waals surface area contributed by atoms with Gasteiger partial charge in [-0.25, -0.2) is 9.97 Å². The van der Waals surface area contributed by atoms with E-state index in [1.807, 2.05) is 36.4 Å². The van der Waals surface area contributed by atoms with Crippen molar-refractivity contribution in [3.8, 4) is 0 Å². The van der Waals surface area contributed by atoms with Gasteiger partial charge in [0.1, 0.15) is 10.3 Å². The molecule has 1 aliphatic heterocycles. The highest BCUT2D eigenvalue weighted by Crippen LogP contribution is 2.30. The maximum atomic E-state index is 12.6. The minimum absolute atomic E-state index is 0.00382. The van der Waals surface area contributed by atoms with Crippen molar-refractivity contribution in [2.24, 2.45) is 5.92 Å². The van der Waals surface area contributed by atoms with Crippen LogP contribution in [0.15, 0.2) is 47.1 Å². The molecule has 0 spiro atoms. The topological polar surface area (TPSA) is 58.1 Å². The number of hydrogen-bond donors (Lipinski definition) is 1. The summed E-state index contributed by atoms with van der Waals surface area (Å²) in [7, 11) is 0. The van der Waals surface area contributed by atoms with E-state index in [4.69, 9.17) is 0 Å².